The summed E-state index contributed by atoms with van der Waals surface area (Å²) in [6.07, 6.45) is 0.160. The molecule has 0 saturated carbocycles. The molecule has 1 saturated heterocycles. The van der Waals surface area contributed by atoms with Crippen molar-refractivity contribution in [3.63, 3.8) is 0 Å². The number of nitro benzene ring substituents is 1. The summed E-state index contributed by atoms with van der Waals surface area (Å²) in [5, 5.41) is 13.8. The van der Waals surface area contributed by atoms with Gasteiger partial charge in [0.1, 0.15) is 5.75 Å². The van der Waals surface area contributed by atoms with Gasteiger partial charge < -0.3 is 19.7 Å². The van der Waals surface area contributed by atoms with Crippen LogP contribution < -0.4 is 10.1 Å². The van der Waals surface area contributed by atoms with Crippen LogP contribution in [0.15, 0.2) is 18.2 Å². The SMILES string of the molecule is COC(=O)[C@H]1CC(=O)N(CCNc2ccc([N+](=O)[O-])cc2OC)C1. The van der Waals surface area contributed by atoms with Crippen molar-refractivity contribution in [3.05, 3.63) is 28.3 Å². The molecule has 0 spiro atoms. The molecule has 9 nitrogen and oxygen atoms in total. The van der Waals surface area contributed by atoms with E-state index in [2.05, 4.69) is 10.1 Å². The van der Waals surface area contributed by atoms with E-state index in [0.717, 1.165) is 0 Å². The molecule has 0 unspecified atom stereocenters. The van der Waals surface area contributed by atoms with Gasteiger partial charge >= 0.3 is 5.97 Å². The van der Waals surface area contributed by atoms with Crippen LogP contribution in [-0.2, 0) is 14.3 Å². The van der Waals surface area contributed by atoms with Crippen LogP contribution >= 0.6 is 0 Å². The van der Waals surface area contributed by atoms with Gasteiger partial charge in [0.05, 0.1) is 36.8 Å². The maximum atomic E-state index is 11.9. The van der Waals surface area contributed by atoms with Gasteiger partial charge in [0.25, 0.3) is 5.69 Å². The fraction of sp³-hybridized carbons (Fsp3) is 0.467. The first-order valence-corrected chi connectivity index (χ1v) is 7.38. The molecule has 1 atom stereocenters. The average molecular weight is 337 g/mol. The molecule has 2 rings (SSSR count). The fourth-order valence-electron chi connectivity index (χ4n) is 2.58. The molecule has 1 fully saturated rings. The van der Waals surface area contributed by atoms with Gasteiger partial charge in [-0.05, 0) is 6.07 Å². The standard InChI is InChI=1S/C15H19N3O6/c1-23-13-8-11(18(21)22)3-4-12(13)16-5-6-17-9-10(7-14(17)19)15(20)24-2/h3-4,8,10,16H,5-7,9H2,1-2H3/t10-/m0/s1. The van der Waals surface area contributed by atoms with Crippen LogP contribution in [0, 0.1) is 16.0 Å². The number of benzene rings is 1. The number of non-ortho nitro benzene ring substituents is 1. The quantitative estimate of drug-likeness (QED) is 0.449. The highest BCUT2D eigenvalue weighted by atomic mass is 16.6. The maximum Gasteiger partial charge on any atom is 0.310 e. The number of methoxy groups -OCH3 is 2. The Balaban J connectivity index is 1.91. The highest BCUT2D eigenvalue weighted by Crippen LogP contribution is 2.29. The number of rotatable bonds is 7. The van der Waals surface area contributed by atoms with E-state index in [9.17, 15) is 19.7 Å². The van der Waals surface area contributed by atoms with Gasteiger partial charge in [-0.2, -0.15) is 0 Å². The Morgan fingerprint density at radius 1 is 1.46 bits per heavy atom. The van der Waals surface area contributed by atoms with Crippen LogP contribution in [-0.4, -0.2) is 55.6 Å². The van der Waals surface area contributed by atoms with Crippen molar-refractivity contribution in [1.82, 2.24) is 4.90 Å². The number of hydrogen-bond acceptors (Lipinski definition) is 7. The predicted octanol–water partition coefficient (Wildman–Crippen LogP) is 1.04. The Morgan fingerprint density at radius 2 is 2.21 bits per heavy atom. The molecule has 9 heteroatoms. The third-order valence-electron chi connectivity index (χ3n) is 3.84. The summed E-state index contributed by atoms with van der Waals surface area (Å²) >= 11 is 0. The molecule has 0 bridgehead atoms. The lowest BCUT2D eigenvalue weighted by Crippen LogP contribution is -2.31. The van der Waals surface area contributed by atoms with Crippen LogP contribution in [0.5, 0.6) is 5.75 Å². The number of carbonyl (C=O) groups is 2. The number of nitro groups is 1. The van der Waals surface area contributed by atoms with Crippen molar-refractivity contribution in [1.29, 1.82) is 0 Å². The zero-order chi connectivity index (χ0) is 17.7. The van der Waals surface area contributed by atoms with E-state index >= 15 is 0 Å². The van der Waals surface area contributed by atoms with Crippen LogP contribution in [0.2, 0.25) is 0 Å². The highest BCUT2D eigenvalue weighted by molar-refractivity contribution is 5.86. The summed E-state index contributed by atoms with van der Waals surface area (Å²) < 4.78 is 9.79. The van der Waals surface area contributed by atoms with Gasteiger partial charge in [-0.3, -0.25) is 19.7 Å². The number of nitrogens with one attached hydrogen (secondary N) is 1. The van der Waals surface area contributed by atoms with Crippen molar-refractivity contribution in [3.8, 4) is 5.75 Å². The monoisotopic (exact) mass is 337 g/mol. The summed E-state index contributed by atoms with van der Waals surface area (Å²) in [6, 6.07) is 4.26. The summed E-state index contributed by atoms with van der Waals surface area (Å²) in [7, 11) is 2.73. The van der Waals surface area contributed by atoms with Gasteiger partial charge in [0.2, 0.25) is 5.91 Å². The first-order chi connectivity index (χ1) is 11.5. The molecule has 1 aliphatic heterocycles. The molecule has 1 aromatic rings. The Morgan fingerprint density at radius 3 is 2.83 bits per heavy atom. The Hall–Kier alpha value is -2.84. The second kappa shape index (κ2) is 7.62. The molecule has 130 valence electrons. The van der Waals surface area contributed by atoms with E-state index in [4.69, 9.17) is 4.74 Å². The number of likely N-dealkylation sites (tertiary alicyclic amines) is 1. The zero-order valence-electron chi connectivity index (χ0n) is 13.5. The lowest BCUT2D eigenvalue weighted by atomic mass is 10.1. The number of hydrogen-bond donors (Lipinski definition) is 1. The summed E-state index contributed by atoms with van der Waals surface area (Å²) in [6.45, 7) is 1.17. The third kappa shape index (κ3) is 3.92. The highest BCUT2D eigenvalue weighted by Gasteiger charge is 2.34. The Kier molecular flexibility index (Phi) is 5.56. The average Bonchev–Trinajstić information content (AvgIpc) is 2.95. The minimum atomic E-state index is -0.498. The van der Waals surface area contributed by atoms with E-state index in [1.807, 2.05) is 0 Å². The van der Waals surface area contributed by atoms with E-state index in [-0.39, 0.29) is 24.0 Å². The van der Waals surface area contributed by atoms with Crippen LogP contribution in [0.3, 0.4) is 0 Å². The molecule has 1 amide bonds. The largest absolute Gasteiger partial charge is 0.494 e. The minimum absolute atomic E-state index is 0.0620. The zero-order valence-corrected chi connectivity index (χ0v) is 13.5. The van der Waals surface area contributed by atoms with Crippen LogP contribution in [0.4, 0.5) is 11.4 Å². The van der Waals surface area contributed by atoms with Crippen LogP contribution in [0.25, 0.3) is 0 Å². The molecule has 24 heavy (non-hydrogen) atoms. The van der Waals surface area contributed by atoms with Crippen molar-refractivity contribution in [2.45, 2.75) is 6.42 Å². The Bertz CT molecular complexity index is 648. The van der Waals surface area contributed by atoms with Gasteiger partial charge in [-0.15, -0.1) is 0 Å². The van der Waals surface area contributed by atoms with Gasteiger partial charge in [0.15, 0.2) is 0 Å². The van der Waals surface area contributed by atoms with Crippen molar-refractivity contribution >= 4 is 23.3 Å². The third-order valence-corrected chi connectivity index (χ3v) is 3.84. The smallest absolute Gasteiger partial charge is 0.310 e. The summed E-state index contributed by atoms with van der Waals surface area (Å²) in [5.74, 6) is -0.542. The predicted molar refractivity (Wildman–Crippen MR) is 84.8 cm³/mol. The number of ether oxygens (including phenoxy) is 2. The number of esters is 1. The second-order valence-electron chi connectivity index (χ2n) is 5.33. The van der Waals surface area contributed by atoms with Gasteiger partial charge in [-0.1, -0.05) is 0 Å². The summed E-state index contributed by atoms with van der Waals surface area (Å²) in [5.41, 5.74) is 0.535. The van der Waals surface area contributed by atoms with E-state index in [1.54, 1.807) is 11.0 Å². The van der Waals surface area contributed by atoms with Gasteiger partial charge in [0, 0.05) is 32.1 Å². The first kappa shape index (κ1) is 17.5. The lowest BCUT2D eigenvalue weighted by Gasteiger charge is -2.17. The molecule has 1 heterocycles. The molecular weight excluding hydrogens is 318 g/mol. The number of carbonyl (C=O) groups excluding carboxylic acids is 2. The topological polar surface area (TPSA) is 111 Å². The summed E-state index contributed by atoms with van der Waals surface area (Å²) in [4.78, 5) is 35.2. The number of anilines is 1. The van der Waals surface area contributed by atoms with Crippen molar-refractivity contribution < 1.29 is 24.0 Å². The molecule has 1 aliphatic rings. The second-order valence-corrected chi connectivity index (χ2v) is 5.33. The Labute approximate surface area is 138 Å². The number of nitrogens with zero attached hydrogens (tertiary/aromatic N) is 2. The molecular formula is C15H19N3O6. The molecule has 0 aliphatic carbocycles. The molecule has 0 radical (unpaired) electrons. The first-order valence-electron chi connectivity index (χ1n) is 7.38. The molecule has 1 N–H and O–H groups in total. The van der Waals surface area contributed by atoms with E-state index in [0.29, 0.717) is 31.1 Å². The van der Waals surface area contributed by atoms with E-state index < -0.39 is 10.8 Å². The van der Waals surface area contributed by atoms with Crippen molar-refractivity contribution in [2.24, 2.45) is 5.92 Å². The molecule has 0 aromatic heterocycles. The van der Waals surface area contributed by atoms with E-state index in [1.165, 1.54) is 26.4 Å². The fourth-order valence-corrected chi connectivity index (χ4v) is 2.58. The number of amides is 1. The maximum absolute atomic E-state index is 11.9. The van der Waals surface area contributed by atoms with Crippen LogP contribution in [0.1, 0.15) is 6.42 Å². The lowest BCUT2D eigenvalue weighted by molar-refractivity contribution is -0.384. The normalized spacial score (nSPS) is 16.8. The van der Waals surface area contributed by atoms with Crippen molar-refractivity contribution in [2.75, 3.05) is 39.2 Å². The molecule has 1 aromatic carbocycles. The minimum Gasteiger partial charge on any atom is -0.494 e. The van der Waals surface area contributed by atoms with Gasteiger partial charge in [-0.25, -0.2) is 0 Å².